The maximum Gasteiger partial charge on any atom is 0.256 e. The normalized spacial score (nSPS) is 10.3. The van der Waals surface area contributed by atoms with Gasteiger partial charge in [0.05, 0.1) is 5.69 Å². The fraction of sp³-hybridized carbons (Fsp3) is 0.133. The van der Waals surface area contributed by atoms with Crippen LogP contribution in [-0.2, 0) is 0 Å². The molecule has 1 N–H and O–H groups in total. The highest BCUT2D eigenvalue weighted by molar-refractivity contribution is 9.10. The number of hydrogen-bond donors (Lipinski definition) is 1. The lowest BCUT2D eigenvalue weighted by atomic mass is 10.0. The van der Waals surface area contributed by atoms with Gasteiger partial charge in [-0.15, -0.1) is 0 Å². The number of halogens is 2. The fourth-order valence-electron chi connectivity index (χ4n) is 1.95. The molecule has 0 saturated carbocycles. The average Bonchev–Trinajstić information content (AvgIpc) is 2.32. The van der Waals surface area contributed by atoms with Crippen LogP contribution < -0.4 is 5.32 Å². The Morgan fingerprint density at radius 3 is 2.37 bits per heavy atom. The van der Waals surface area contributed by atoms with Gasteiger partial charge in [-0.2, -0.15) is 0 Å². The predicted octanol–water partition coefficient (Wildman–Crippen LogP) is 4.46. The minimum atomic E-state index is -0.350. The molecule has 0 aliphatic carbocycles. The molecular weight excluding hydrogens is 309 g/mol. The number of carbonyl (C=O) groups is 1. The summed E-state index contributed by atoms with van der Waals surface area (Å²) in [5.41, 5.74) is 3.03. The second-order valence-corrected chi connectivity index (χ2v) is 5.20. The fourth-order valence-corrected chi connectivity index (χ4v) is 2.40. The van der Waals surface area contributed by atoms with E-state index in [1.165, 1.54) is 18.2 Å². The van der Waals surface area contributed by atoms with Crippen LogP contribution in [0.2, 0.25) is 0 Å². The van der Waals surface area contributed by atoms with Crippen molar-refractivity contribution in [2.45, 2.75) is 13.8 Å². The van der Waals surface area contributed by atoms with Crippen molar-refractivity contribution in [2.75, 3.05) is 5.32 Å². The number of amides is 1. The lowest BCUT2D eigenvalue weighted by Gasteiger charge is -2.11. The number of carbonyl (C=O) groups excluding carboxylic acids is 1. The topological polar surface area (TPSA) is 29.1 Å². The molecule has 0 aromatic heterocycles. The van der Waals surface area contributed by atoms with Crippen molar-refractivity contribution in [3.8, 4) is 0 Å². The van der Waals surface area contributed by atoms with Crippen molar-refractivity contribution in [1.29, 1.82) is 0 Å². The van der Waals surface area contributed by atoms with E-state index in [0.29, 0.717) is 15.7 Å². The zero-order chi connectivity index (χ0) is 14.0. The van der Waals surface area contributed by atoms with E-state index in [2.05, 4.69) is 21.2 Å². The SMILES string of the molecule is Cc1cccc(C)c1C(=O)Nc1ccc(F)cc1Br. The lowest BCUT2D eigenvalue weighted by Crippen LogP contribution is -2.15. The molecule has 2 nitrogen and oxygen atoms in total. The van der Waals surface area contributed by atoms with Crippen LogP contribution in [0.15, 0.2) is 40.9 Å². The smallest absolute Gasteiger partial charge is 0.256 e. The highest BCUT2D eigenvalue weighted by Crippen LogP contribution is 2.24. The first-order chi connectivity index (χ1) is 8.99. The molecule has 0 heterocycles. The van der Waals surface area contributed by atoms with Gasteiger partial charge in [0, 0.05) is 10.0 Å². The van der Waals surface area contributed by atoms with Crippen LogP contribution in [-0.4, -0.2) is 5.91 Å². The molecule has 0 radical (unpaired) electrons. The Labute approximate surface area is 119 Å². The summed E-state index contributed by atoms with van der Waals surface area (Å²) in [6.45, 7) is 3.78. The summed E-state index contributed by atoms with van der Waals surface area (Å²) in [6.07, 6.45) is 0. The summed E-state index contributed by atoms with van der Waals surface area (Å²) < 4.78 is 13.5. The van der Waals surface area contributed by atoms with E-state index in [1.54, 1.807) is 0 Å². The maximum absolute atomic E-state index is 13.0. The number of nitrogens with one attached hydrogen (secondary N) is 1. The number of aryl methyl sites for hydroxylation is 2. The Kier molecular flexibility index (Phi) is 4.00. The van der Waals surface area contributed by atoms with Crippen molar-refractivity contribution >= 4 is 27.5 Å². The summed E-state index contributed by atoms with van der Waals surface area (Å²) in [6, 6.07) is 9.86. The largest absolute Gasteiger partial charge is 0.321 e. The van der Waals surface area contributed by atoms with E-state index >= 15 is 0 Å². The molecule has 4 heteroatoms. The highest BCUT2D eigenvalue weighted by Gasteiger charge is 2.13. The number of benzene rings is 2. The Morgan fingerprint density at radius 1 is 1.16 bits per heavy atom. The van der Waals surface area contributed by atoms with E-state index in [-0.39, 0.29) is 11.7 Å². The third kappa shape index (κ3) is 3.01. The summed E-state index contributed by atoms with van der Waals surface area (Å²) >= 11 is 3.23. The van der Waals surface area contributed by atoms with Crippen molar-refractivity contribution < 1.29 is 9.18 Å². The number of hydrogen-bond acceptors (Lipinski definition) is 1. The first-order valence-electron chi connectivity index (χ1n) is 5.81. The van der Waals surface area contributed by atoms with Crippen molar-refractivity contribution in [2.24, 2.45) is 0 Å². The summed E-state index contributed by atoms with van der Waals surface area (Å²) in [5, 5.41) is 2.78. The Hall–Kier alpha value is -1.68. The lowest BCUT2D eigenvalue weighted by molar-refractivity contribution is 0.102. The third-order valence-corrected chi connectivity index (χ3v) is 3.54. The van der Waals surface area contributed by atoms with Gasteiger partial charge in [-0.1, -0.05) is 18.2 Å². The molecule has 0 unspecified atom stereocenters. The van der Waals surface area contributed by atoms with E-state index in [4.69, 9.17) is 0 Å². The van der Waals surface area contributed by atoms with E-state index in [1.807, 2.05) is 32.0 Å². The number of anilines is 1. The minimum Gasteiger partial charge on any atom is -0.321 e. The molecule has 19 heavy (non-hydrogen) atoms. The van der Waals surface area contributed by atoms with Gasteiger partial charge in [0.2, 0.25) is 0 Å². The second kappa shape index (κ2) is 5.53. The van der Waals surface area contributed by atoms with Crippen molar-refractivity contribution in [3.63, 3.8) is 0 Å². The molecule has 0 spiro atoms. The minimum absolute atomic E-state index is 0.192. The standard InChI is InChI=1S/C15H13BrFNO/c1-9-4-3-5-10(2)14(9)15(19)18-13-7-6-11(17)8-12(13)16/h3-8H,1-2H3,(H,18,19). The van der Waals surface area contributed by atoms with Crippen LogP contribution in [0, 0.1) is 19.7 Å². The Morgan fingerprint density at radius 2 is 1.79 bits per heavy atom. The molecule has 0 aliphatic rings. The van der Waals surface area contributed by atoms with Crippen LogP contribution in [0.25, 0.3) is 0 Å². The van der Waals surface area contributed by atoms with Crippen LogP contribution in [0.3, 0.4) is 0 Å². The highest BCUT2D eigenvalue weighted by atomic mass is 79.9. The Bertz CT molecular complexity index is 620. The van der Waals surface area contributed by atoms with E-state index in [9.17, 15) is 9.18 Å². The molecule has 0 bridgehead atoms. The third-order valence-electron chi connectivity index (χ3n) is 2.89. The zero-order valence-corrected chi connectivity index (χ0v) is 12.2. The van der Waals surface area contributed by atoms with Crippen LogP contribution >= 0.6 is 15.9 Å². The summed E-state index contributed by atoms with van der Waals surface area (Å²) in [7, 11) is 0. The van der Waals surface area contributed by atoms with Gasteiger partial charge in [-0.25, -0.2) is 4.39 Å². The van der Waals surface area contributed by atoms with Gasteiger partial charge in [0.15, 0.2) is 0 Å². The molecule has 98 valence electrons. The zero-order valence-electron chi connectivity index (χ0n) is 10.6. The molecule has 0 saturated heterocycles. The molecule has 2 rings (SSSR count). The van der Waals surface area contributed by atoms with Gasteiger partial charge in [0.1, 0.15) is 5.82 Å². The first-order valence-corrected chi connectivity index (χ1v) is 6.61. The quantitative estimate of drug-likeness (QED) is 0.869. The van der Waals surface area contributed by atoms with E-state index < -0.39 is 0 Å². The predicted molar refractivity (Wildman–Crippen MR) is 78.0 cm³/mol. The van der Waals surface area contributed by atoms with E-state index in [0.717, 1.165) is 11.1 Å². The second-order valence-electron chi connectivity index (χ2n) is 4.35. The van der Waals surface area contributed by atoms with Gasteiger partial charge >= 0.3 is 0 Å². The molecule has 2 aromatic rings. The molecule has 0 atom stereocenters. The first kappa shape index (κ1) is 13.7. The molecule has 1 amide bonds. The van der Waals surface area contributed by atoms with Gasteiger partial charge in [-0.05, 0) is 59.1 Å². The molecule has 0 fully saturated rings. The number of rotatable bonds is 2. The van der Waals surface area contributed by atoms with Gasteiger partial charge in [0.25, 0.3) is 5.91 Å². The molecular formula is C15H13BrFNO. The Balaban J connectivity index is 2.31. The van der Waals surface area contributed by atoms with Crippen LogP contribution in [0.5, 0.6) is 0 Å². The van der Waals surface area contributed by atoms with Crippen molar-refractivity contribution in [1.82, 2.24) is 0 Å². The van der Waals surface area contributed by atoms with Gasteiger partial charge in [-0.3, -0.25) is 4.79 Å². The summed E-state index contributed by atoms with van der Waals surface area (Å²) in [4.78, 5) is 12.3. The average molecular weight is 322 g/mol. The molecule has 2 aromatic carbocycles. The molecule has 0 aliphatic heterocycles. The van der Waals surface area contributed by atoms with Crippen molar-refractivity contribution in [3.05, 3.63) is 63.4 Å². The van der Waals surface area contributed by atoms with Gasteiger partial charge < -0.3 is 5.32 Å². The van der Waals surface area contributed by atoms with Crippen LogP contribution in [0.1, 0.15) is 21.5 Å². The van der Waals surface area contributed by atoms with Crippen LogP contribution in [0.4, 0.5) is 10.1 Å². The monoisotopic (exact) mass is 321 g/mol. The summed E-state index contributed by atoms with van der Waals surface area (Å²) in [5.74, 6) is -0.542. The maximum atomic E-state index is 13.0.